The molecule has 0 aliphatic heterocycles. The number of ether oxygens (including phenoxy) is 1. The Morgan fingerprint density at radius 1 is 1.46 bits per heavy atom. The molecular weight excluding hydrogens is 328 g/mol. The topological polar surface area (TPSA) is 76.1 Å². The third-order valence-electron chi connectivity index (χ3n) is 3.99. The summed E-state index contributed by atoms with van der Waals surface area (Å²) in [7, 11) is 1.55. The highest BCUT2D eigenvalue weighted by atomic mass is 35.5. The van der Waals surface area contributed by atoms with Crippen molar-refractivity contribution in [2.75, 3.05) is 19.2 Å². The van der Waals surface area contributed by atoms with Crippen LogP contribution in [0.5, 0.6) is 0 Å². The summed E-state index contributed by atoms with van der Waals surface area (Å²) in [5.41, 5.74) is 2.86. The molecular formula is C17H19ClN4O2. The zero-order valence-electron chi connectivity index (χ0n) is 13.4. The molecule has 1 atom stereocenters. The van der Waals surface area contributed by atoms with Gasteiger partial charge in [0, 0.05) is 35.6 Å². The molecule has 0 fully saturated rings. The minimum Gasteiger partial charge on any atom is -0.364 e. The Morgan fingerprint density at radius 2 is 2.33 bits per heavy atom. The van der Waals surface area contributed by atoms with Gasteiger partial charge in [-0.3, -0.25) is 4.79 Å². The standard InChI is InChI=1S/C17H19ClN4O2/c1-24-10-20-16(23)11-5-6-15-12(7-11)9-19-17(22-15)21-14-4-2-3-13(18)8-14/h2-4,8-9,11H,5-7,10H2,1H3,(H,20,23)(H,19,21,22). The predicted molar refractivity (Wildman–Crippen MR) is 92.3 cm³/mol. The molecule has 2 N–H and O–H groups in total. The van der Waals surface area contributed by atoms with Gasteiger partial charge in [0.1, 0.15) is 6.73 Å². The van der Waals surface area contributed by atoms with E-state index in [1.165, 1.54) is 0 Å². The molecule has 1 aromatic heterocycles. The highest BCUT2D eigenvalue weighted by Crippen LogP contribution is 2.26. The van der Waals surface area contributed by atoms with Crippen LogP contribution in [-0.2, 0) is 22.4 Å². The maximum Gasteiger partial charge on any atom is 0.227 e. The number of nitrogens with zero attached hydrogens (tertiary/aromatic N) is 2. The van der Waals surface area contributed by atoms with Crippen molar-refractivity contribution in [1.82, 2.24) is 15.3 Å². The fourth-order valence-electron chi connectivity index (χ4n) is 2.77. The maximum absolute atomic E-state index is 12.1. The molecule has 1 aromatic carbocycles. The Hall–Kier alpha value is -2.18. The Labute approximate surface area is 145 Å². The van der Waals surface area contributed by atoms with Crippen molar-refractivity contribution in [3.8, 4) is 0 Å². The number of halogens is 1. The number of amides is 1. The zero-order chi connectivity index (χ0) is 16.9. The number of hydrogen-bond acceptors (Lipinski definition) is 5. The molecule has 2 aromatic rings. The first-order valence-electron chi connectivity index (χ1n) is 7.79. The first-order chi connectivity index (χ1) is 11.7. The molecule has 0 radical (unpaired) electrons. The van der Waals surface area contributed by atoms with Gasteiger partial charge in [0.15, 0.2) is 0 Å². The molecule has 0 saturated heterocycles. The van der Waals surface area contributed by atoms with E-state index < -0.39 is 0 Å². The van der Waals surface area contributed by atoms with E-state index in [0.29, 0.717) is 17.4 Å². The van der Waals surface area contributed by atoms with E-state index in [-0.39, 0.29) is 18.6 Å². The Kier molecular flexibility index (Phi) is 5.27. The number of anilines is 2. The van der Waals surface area contributed by atoms with Crippen molar-refractivity contribution in [3.05, 3.63) is 46.7 Å². The van der Waals surface area contributed by atoms with Gasteiger partial charge in [0.25, 0.3) is 0 Å². The molecule has 3 rings (SSSR count). The Morgan fingerprint density at radius 3 is 3.12 bits per heavy atom. The third-order valence-corrected chi connectivity index (χ3v) is 4.23. The monoisotopic (exact) mass is 346 g/mol. The minimum absolute atomic E-state index is 0.0172. The molecule has 0 spiro atoms. The summed E-state index contributed by atoms with van der Waals surface area (Å²) in [4.78, 5) is 21.0. The summed E-state index contributed by atoms with van der Waals surface area (Å²) < 4.78 is 4.88. The predicted octanol–water partition coefficient (Wildman–Crippen LogP) is 2.70. The van der Waals surface area contributed by atoms with Crippen LogP contribution >= 0.6 is 11.6 Å². The van der Waals surface area contributed by atoms with Crippen LogP contribution in [0.2, 0.25) is 5.02 Å². The van der Waals surface area contributed by atoms with E-state index in [2.05, 4.69) is 20.6 Å². The number of benzene rings is 1. The molecule has 6 nitrogen and oxygen atoms in total. The van der Waals surface area contributed by atoms with E-state index in [4.69, 9.17) is 16.3 Å². The summed E-state index contributed by atoms with van der Waals surface area (Å²) in [6.07, 6.45) is 3.98. The lowest BCUT2D eigenvalue weighted by Crippen LogP contribution is -2.35. The quantitative estimate of drug-likeness (QED) is 0.814. The average molecular weight is 347 g/mol. The van der Waals surface area contributed by atoms with Crippen molar-refractivity contribution in [2.24, 2.45) is 5.92 Å². The summed E-state index contributed by atoms with van der Waals surface area (Å²) in [6.45, 7) is 0.237. The fraction of sp³-hybridized carbons (Fsp3) is 0.353. The fourth-order valence-corrected chi connectivity index (χ4v) is 2.96. The third kappa shape index (κ3) is 4.01. The molecule has 0 bridgehead atoms. The molecule has 24 heavy (non-hydrogen) atoms. The number of fused-ring (bicyclic) bond motifs is 1. The molecule has 1 heterocycles. The molecule has 0 saturated carbocycles. The van der Waals surface area contributed by atoms with E-state index >= 15 is 0 Å². The summed E-state index contributed by atoms with van der Waals surface area (Å²) in [6, 6.07) is 7.41. The molecule has 1 unspecified atom stereocenters. The summed E-state index contributed by atoms with van der Waals surface area (Å²) >= 11 is 5.98. The van der Waals surface area contributed by atoms with Gasteiger partial charge in [-0.2, -0.15) is 0 Å². The van der Waals surface area contributed by atoms with E-state index in [1.54, 1.807) is 13.3 Å². The lowest BCUT2D eigenvalue weighted by Gasteiger charge is -2.23. The van der Waals surface area contributed by atoms with Crippen molar-refractivity contribution in [2.45, 2.75) is 19.3 Å². The lowest BCUT2D eigenvalue weighted by molar-refractivity contribution is -0.126. The van der Waals surface area contributed by atoms with Gasteiger partial charge >= 0.3 is 0 Å². The van der Waals surface area contributed by atoms with Gasteiger partial charge in [-0.15, -0.1) is 0 Å². The second kappa shape index (κ2) is 7.59. The SMILES string of the molecule is COCNC(=O)C1CCc2nc(Nc3cccc(Cl)c3)ncc2C1. The largest absolute Gasteiger partial charge is 0.364 e. The molecule has 7 heteroatoms. The van der Waals surface area contributed by atoms with E-state index in [9.17, 15) is 4.79 Å². The number of rotatable bonds is 5. The minimum atomic E-state index is -0.0528. The number of aromatic nitrogens is 2. The summed E-state index contributed by atoms with van der Waals surface area (Å²) in [5.74, 6) is 0.505. The van der Waals surface area contributed by atoms with Crippen LogP contribution in [0.3, 0.4) is 0 Å². The van der Waals surface area contributed by atoms with Gasteiger partial charge in [-0.25, -0.2) is 9.97 Å². The highest BCUT2D eigenvalue weighted by molar-refractivity contribution is 6.30. The number of methoxy groups -OCH3 is 1. The zero-order valence-corrected chi connectivity index (χ0v) is 14.1. The van der Waals surface area contributed by atoms with Gasteiger partial charge in [0.05, 0.1) is 0 Å². The van der Waals surface area contributed by atoms with Gasteiger partial charge in [0.2, 0.25) is 11.9 Å². The average Bonchev–Trinajstić information content (AvgIpc) is 2.59. The van der Waals surface area contributed by atoms with Crippen LogP contribution in [0.15, 0.2) is 30.5 Å². The number of carbonyl (C=O) groups excluding carboxylic acids is 1. The van der Waals surface area contributed by atoms with Crippen LogP contribution in [0.1, 0.15) is 17.7 Å². The van der Waals surface area contributed by atoms with Gasteiger partial charge < -0.3 is 15.4 Å². The first-order valence-corrected chi connectivity index (χ1v) is 8.17. The van der Waals surface area contributed by atoms with Crippen LogP contribution in [0.25, 0.3) is 0 Å². The Bertz CT molecular complexity index is 738. The second-order valence-electron chi connectivity index (χ2n) is 5.71. The number of carbonyl (C=O) groups is 1. The Balaban J connectivity index is 1.68. The van der Waals surface area contributed by atoms with Crippen LogP contribution in [0.4, 0.5) is 11.6 Å². The maximum atomic E-state index is 12.1. The van der Waals surface area contributed by atoms with Crippen LogP contribution in [0, 0.1) is 5.92 Å². The molecule has 1 aliphatic rings. The normalized spacial score (nSPS) is 16.3. The highest BCUT2D eigenvalue weighted by Gasteiger charge is 2.25. The molecule has 1 amide bonds. The van der Waals surface area contributed by atoms with Gasteiger partial charge in [-0.1, -0.05) is 17.7 Å². The summed E-state index contributed by atoms with van der Waals surface area (Å²) in [5, 5.41) is 6.57. The first kappa shape index (κ1) is 16.7. The molecule has 126 valence electrons. The van der Waals surface area contributed by atoms with Crippen molar-refractivity contribution in [1.29, 1.82) is 0 Å². The van der Waals surface area contributed by atoms with Crippen molar-refractivity contribution < 1.29 is 9.53 Å². The lowest BCUT2D eigenvalue weighted by atomic mass is 9.87. The van der Waals surface area contributed by atoms with E-state index in [1.807, 2.05) is 24.3 Å². The van der Waals surface area contributed by atoms with Crippen LogP contribution < -0.4 is 10.6 Å². The number of aryl methyl sites for hydroxylation is 1. The second-order valence-corrected chi connectivity index (χ2v) is 6.15. The van der Waals surface area contributed by atoms with Crippen molar-refractivity contribution in [3.63, 3.8) is 0 Å². The number of hydrogen-bond donors (Lipinski definition) is 2. The van der Waals surface area contributed by atoms with Gasteiger partial charge in [-0.05, 0) is 43.0 Å². The van der Waals surface area contributed by atoms with E-state index in [0.717, 1.165) is 29.8 Å². The van der Waals surface area contributed by atoms with Crippen molar-refractivity contribution >= 4 is 29.1 Å². The molecule has 1 aliphatic carbocycles. The van der Waals surface area contributed by atoms with Crippen LogP contribution in [-0.4, -0.2) is 29.7 Å². The number of nitrogens with one attached hydrogen (secondary N) is 2. The smallest absolute Gasteiger partial charge is 0.227 e.